The monoisotopic (exact) mass is 367 g/mol. The maximum atomic E-state index is 8.82. The summed E-state index contributed by atoms with van der Waals surface area (Å²) in [6.45, 7) is 2.25. The molecule has 0 spiro atoms. The van der Waals surface area contributed by atoms with Crippen LogP contribution >= 0.6 is 0 Å². The molecule has 1 fully saturated rings. The molecule has 2 aromatic carbocycles. The van der Waals surface area contributed by atoms with E-state index in [2.05, 4.69) is 55.2 Å². The maximum absolute atomic E-state index is 8.82. The van der Waals surface area contributed by atoms with E-state index in [1.54, 1.807) is 0 Å². The Bertz CT molecular complexity index is 861. The Morgan fingerprint density at radius 3 is 2.25 bits per heavy atom. The molecule has 0 unspecified atom stereocenters. The zero-order valence-corrected chi connectivity index (χ0v) is 16.8. The van der Waals surface area contributed by atoms with E-state index in [0.717, 1.165) is 11.5 Å². The van der Waals surface area contributed by atoms with Gasteiger partial charge in [0.25, 0.3) is 0 Å². The van der Waals surface area contributed by atoms with Crippen molar-refractivity contribution in [2.24, 2.45) is 5.92 Å². The van der Waals surface area contributed by atoms with Crippen LogP contribution < -0.4 is 0 Å². The minimum Gasteiger partial charge on any atom is -0.192 e. The lowest BCUT2D eigenvalue weighted by atomic mass is 9.78. The van der Waals surface area contributed by atoms with Crippen LogP contribution in [-0.2, 0) is 6.42 Å². The van der Waals surface area contributed by atoms with Crippen molar-refractivity contribution >= 4 is 0 Å². The average Bonchev–Trinajstić information content (AvgIpc) is 2.76. The molecule has 0 bridgehead atoms. The van der Waals surface area contributed by atoms with Gasteiger partial charge in [0.1, 0.15) is 0 Å². The lowest BCUT2D eigenvalue weighted by molar-refractivity contribution is 0.376. The molecule has 0 heterocycles. The smallest absolute Gasteiger partial charge is 0.0991 e. The molecule has 142 valence electrons. The largest absolute Gasteiger partial charge is 0.192 e. The van der Waals surface area contributed by atoms with Crippen LogP contribution in [0.5, 0.6) is 0 Å². The van der Waals surface area contributed by atoms with E-state index in [1.807, 2.05) is 30.3 Å². The van der Waals surface area contributed by atoms with E-state index >= 15 is 0 Å². The fourth-order valence-corrected chi connectivity index (χ4v) is 3.92. The molecule has 0 amide bonds. The summed E-state index contributed by atoms with van der Waals surface area (Å²) in [5, 5.41) is 8.82. The second-order valence-corrected chi connectivity index (χ2v) is 7.77. The highest BCUT2D eigenvalue weighted by Crippen LogP contribution is 2.36. The van der Waals surface area contributed by atoms with E-state index in [-0.39, 0.29) is 0 Å². The number of nitriles is 1. The first-order chi connectivity index (χ1) is 13.8. The fourth-order valence-electron chi connectivity index (χ4n) is 3.92. The summed E-state index contributed by atoms with van der Waals surface area (Å²) in [5.41, 5.74) is 4.62. The molecule has 0 atom stereocenters. The molecule has 2 aromatic rings. The Kier molecular flexibility index (Phi) is 7.52. The van der Waals surface area contributed by atoms with E-state index in [1.165, 1.54) is 56.1 Å². The average molecular weight is 368 g/mol. The first kappa shape index (κ1) is 20.0. The van der Waals surface area contributed by atoms with Crippen molar-refractivity contribution in [1.82, 2.24) is 0 Å². The first-order valence-corrected chi connectivity index (χ1v) is 10.6. The van der Waals surface area contributed by atoms with Crippen LogP contribution in [0.2, 0.25) is 0 Å². The zero-order chi connectivity index (χ0) is 19.6. The minimum atomic E-state index is 0.648. The van der Waals surface area contributed by atoms with E-state index < -0.39 is 0 Å². The summed E-state index contributed by atoms with van der Waals surface area (Å²) < 4.78 is 0. The molecule has 0 aliphatic heterocycles. The van der Waals surface area contributed by atoms with Crippen LogP contribution in [0.3, 0.4) is 0 Å². The summed E-state index contributed by atoms with van der Waals surface area (Å²) in [6, 6.07) is 18.9. The molecular weight excluding hydrogens is 338 g/mol. The summed E-state index contributed by atoms with van der Waals surface area (Å²) >= 11 is 0. The third-order valence-corrected chi connectivity index (χ3v) is 5.72. The van der Waals surface area contributed by atoms with Gasteiger partial charge in [-0.15, -0.1) is 0 Å². The molecule has 1 saturated carbocycles. The standard InChI is InChI=1S/C27H29N/c1-2-3-6-22-13-17-26(18-14-22)27-19-15-24(16-20-27)8-5-4-7-23-9-11-25(21-28)12-10-23/h5,8-14,17-18,24,27H,2-3,6,15-16,19-20H2,1H3/t24-,27-. The van der Waals surface area contributed by atoms with Gasteiger partial charge in [0, 0.05) is 5.56 Å². The summed E-state index contributed by atoms with van der Waals surface area (Å²) in [6.07, 6.45) is 13.1. The van der Waals surface area contributed by atoms with Gasteiger partial charge in [-0.25, -0.2) is 0 Å². The highest BCUT2D eigenvalue weighted by molar-refractivity contribution is 5.41. The van der Waals surface area contributed by atoms with Crippen LogP contribution in [0.4, 0.5) is 0 Å². The number of aryl methyl sites for hydroxylation is 1. The van der Waals surface area contributed by atoms with Crippen molar-refractivity contribution in [3.05, 3.63) is 82.9 Å². The highest BCUT2D eigenvalue weighted by Gasteiger charge is 2.20. The van der Waals surface area contributed by atoms with Crippen molar-refractivity contribution in [3.63, 3.8) is 0 Å². The van der Waals surface area contributed by atoms with Gasteiger partial charge in [0.15, 0.2) is 0 Å². The van der Waals surface area contributed by atoms with Crippen LogP contribution in [0.25, 0.3) is 0 Å². The van der Waals surface area contributed by atoms with Gasteiger partial charge in [0.2, 0.25) is 0 Å². The fraction of sp³-hybridized carbons (Fsp3) is 0.370. The first-order valence-electron chi connectivity index (χ1n) is 10.6. The lowest BCUT2D eigenvalue weighted by Gasteiger charge is -2.27. The molecule has 28 heavy (non-hydrogen) atoms. The highest BCUT2D eigenvalue weighted by atomic mass is 14.3. The summed E-state index contributed by atoms with van der Waals surface area (Å²) in [5.74, 6) is 7.65. The molecule has 1 aliphatic rings. The predicted molar refractivity (Wildman–Crippen MR) is 117 cm³/mol. The van der Waals surface area contributed by atoms with Crippen molar-refractivity contribution in [2.45, 2.75) is 57.8 Å². The molecule has 3 rings (SSSR count). The molecule has 0 N–H and O–H groups in total. The Labute approximate surface area is 170 Å². The quantitative estimate of drug-likeness (QED) is 0.534. The third-order valence-electron chi connectivity index (χ3n) is 5.72. The third kappa shape index (κ3) is 5.87. The maximum Gasteiger partial charge on any atom is 0.0991 e. The van der Waals surface area contributed by atoms with Crippen LogP contribution in [0.15, 0.2) is 60.7 Å². The van der Waals surface area contributed by atoms with Gasteiger partial charge in [-0.3, -0.25) is 0 Å². The van der Waals surface area contributed by atoms with Crippen molar-refractivity contribution in [3.8, 4) is 17.9 Å². The number of nitrogens with zero attached hydrogens (tertiary/aromatic N) is 1. The lowest BCUT2D eigenvalue weighted by Crippen LogP contribution is -2.11. The normalized spacial score (nSPS) is 19.0. The Balaban J connectivity index is 1.47. The molecule has 1 aliphatic carbocycles. The molecule has 0 radical (unpaired) electrons. The molecule has 0 saturated heterocycles. The van der Waals surface area contributed by atoms with Crippen LogP contribution in [-0.4, -0.2) is 0 Å². The molecule has 1 nitrogen and oxygen atoms in total. The van der Waals surface area contributed by atoms with Crippen LogP contribution in [0.1, 0.15) is 73.6 Å². The van der Waals surface area contributed by atoms with Crippen LogP contribution in [0, 0.1) is 29.1 Å². The van der Waals surface area contributed by atoms with Gasteiger partial charge in [-0.1, -0.05) is 55.5 Å². The van der Waals surface area contributed by atoms with E-state index in [0.29, 0.717) is 11.5 Å². The zero-order valence-electron chi connectivity index (χ0n) is 16.8. The predicted octanol–water partition coefficient (Wildman–Crippen LogP) is 6.78. The topological polar surface area (TPSA) is 23.8 Å². The number of benzene rings is 2. The van der Waals surface area contributed by atoms with Gasteiger partial charge in [0.05, 0.1) is 11.6 Å². The van der Waals surface area contributed by atoms with Gasteiger partial charge >= 0.3 is 0 Å². The van der Waals surface area contributed by atoms with Crippen molar-refractivity contribution < 1.29 is 0 Å². The molecular formula is C27H29N. The number of allylic oxidation sites excluding steroid dienone is 2. The number of unbranched alkanes of at least 4 members (excludes halogenated alkanes) is 1. The van der Waals surface area contributed by atoms with Gasteiger partial charge < -0.3 is 0 Å². The van der Waals surface area contributed by atoms with Crippen molar-refractivity contribution in [1.29, 1.82) is 5.26 Å². The second kappa shape index (κ2) is 10.5. The number of hydrogen-bond acceptors (Lipinski definition) is 1. The number of hydrogen-bond donors (Lipinski definition) is 0. The Morgan fingerprint density at radius 1 is 0.929 bits per heavy atom. The van der Waals surface area contributed by atoms with E-state index in [4.69, 9.17) is 5.26 Å². The van der Waals surface area contributed by atoms with Gasteiger partial charge in [-0.05, 0) is 91.8 Å². The summed E-state index contributed by atoms with van der Waals surface area (Å²) in [7, 11) is 0. The van der Waals surface area contributed by atoms with E-state index in [9.17, 15) is 0 Å². The molecule has 0 aromatic heterocycles. The SMILES string of the molecule is CCCCc1ccc([C@H]2CC[C@H](C=CC#Cc3ccc(C#N)cc3)CC2)cc1. The Morgan fingerprint density at radius 2 is 1.61 bits per heavy atom. The summed E-state index contributed by atoms with van der Waals surface area (Å²) in [4.78, 5) is 0. The second-order valence-electron chi connectivity index (χ2n) is 7.77. The van der Waals surface area contributed by atoms with Gasteiger partial charge in [-0.2, -0.15) is 5.26 Å². The van der Waals surface area contributed by atoms with Crippen molar-refractivity contribution in [2.75, 3.05) is 0 Å². The minimum absolute atomic E-state index is 0.648. The number of rotatable bonds is 5. The Hall–Kier alpha value is -2.77. The molecule has 1 heteroatoms.